The fraction of sp³-hybridized carbons (Fsp3) is 0.417. The average molecular weight is 221 g/mol. The number of cyclic esters (lactones) is 1. The van der Waals surface area contributed by atoms with E-state index >= 15 is 0 Å². The summed E-state index contributed by atoms with van der Waals surface area (Å²) in [5.74, 6) is 0. The molecule has 1 saturated heterocycles. The van der Waals surface area contributed by atoms with Crippen molar-refractivity contribution < 1.29 is 14.6 Å². The van der Waals surface area contributed by atoms with Gasteiger partial charge in [0.05, 0.1) is 12.6 Å². The highest BCUT2D eigenvalue weighted by Crippen LogP contribution is 2.17. The maximum atomic E-state index is 11.1. The van der Waals surface area contributed by atoms with Crippen molar-refractivity contribution in [3.63, 3.8) is 0 Å². The molecule has 1 aromatic carbocycles. The molecule has 0 aliphatic carbocycles. The van der Waals surface area contributed by atoms with Gasteiger partial charge < -0.3 is 15.2 Å². The number of alkyl carbamates (subject to hydrolysis) is 1. The standard InChI is InChI=1S/C12H15NO3/c1-8-4-2-3-5-9(8)6-11-10(7-14)13-12(15)16-11/h2-5,10-11,14H,6-7H2,1H3,(H,13,15). The predicted octanol–water partition coefficient (Wildman–Crippen LogP) is 1.01. The lowest BCUT2D eigenvalue weighted by Crippen LogP contribution is -2.36. The zero-order chi connectivity index (χ0) is 11.5. The summed E-state index contributed by atoms with van der Waals surface area (Å²) in [6.07, 6.45) is -0.0902. The number of carbonyl (C=O) groups is 1. The largest absolute Gasteiger partial charge is 0.444 e. The highest BCUT2D eigenvalue weighted by Gasteiger charge is 2.33. The predicted molar refractivity (Wildman–Crippen MR) is 59.2 cm³/mol. The fourth-order valence-corrected chi connectivity index (χ4v) is 1.90. The molecule has 0 aromatic heterocycles. The second-order valence-electron chi connectivity index (χ2n) is 4.01. The second-order valence-corrected chi connectivity index (χ2v) is 4.01. The van der Waals surface area contributed by atoms with Crippen LogP contribution >= 0.6 is 0 Å². The third kappa shape index (κ3) is 2.17. The molecular weight excluding hydrogens is 206 g/mol. The first kappa shape index (κ1) is 11.0. The number of hydrogen-bond donors (Lipinski definition) is 2. The molecule has 1 aromatic rings. The monoisotopic (exact) mass is 221 g/mol. The molecule has 16 heavy (non-hydrogen) atoms. The Hall–Kier alpha value is -1.55. The van der Waals surface area contributed by atoms with Crippen molar-refractivity contribution in [2.75, 3.05) is 6.61 Å². The van der Waals surface area contributed by atoms with Crippen LogP contribution in [0.2, 0.25) is 0 Å². The highest BCUT2D eigenvalue weighted by atomic mass is 16.6. The van der Waals surface area contributed by atoms with Gasteiger partial charge in [0.25, 0.3) is 0 Å². The van der Waals surface area contributed by atoms with Crippen molar-refractivity contribution >= 4 is 6.09 Å². The van der Waals surface area contributed by atoms with Crippen molar-refractivity contribution in [1.82, 2.24) is 5.32 Å². The van der Waals surface area contributed by atoms with Crippen LogP contribution in [0.4, 0.5) is 4.79 Å². The number of carbonyl (C=O) groups excluding carboxylic acids is 1. The van der Waals surface area contributed by atoms with E-state index in [9.17, 15) is 4.79 Å². The second kappa shape index (κ2) is 4.53. The lowest BCUT2D eigenvalue weighted by Gasteiger charge is -2.15. The minimum absolute atomic E-state index is 0.0950. The molecule has 0 saturated carbocycles. The van der Waals surface area contributed by atoms with Gasteiger partial charge >= 0.3 is 6.09 Å². The van der Waals surface area contributed by atoms with E-state index in [0.717, 1.165) is 5.56 Å². The van der Waals surface area contributed by atoms with E-state index in [2.05, 4.69) is 5.32 Å². The normalized spacial score (nSPS) is 24.0. The van der Waals surface area contributed by atoms with Crippen molar-refractivity contribution in [3.8, 4) is 0 Å². The summed E-state index contributed by atoms with van der Waals surface area (Å²) in [5, 5.41) is 11.7. The van der Waals surface area contributed by atoms with E-state index in [0.29, 0.717) is 6.42 Å². The molecule has 2 atom stereocenters. The van der Waals surface area contributed by atoms with Crippen LogP contribution in [-0.4, -0.2) is 30.0 Å². The number of hydrogen-bond acceptors (Lipinski definition) is 3. The number of nitrogens with one attached hydrogen (secondary N) is 1. The quantitative estimate of drug-likeness (QED) is 0.800. The summed E-state index contributed by atoms with van der Waals surface area (Å²) in [6.45, 7) is 1.93. The van der Waals surface area contributed by atoms with Crippen molar-refractivity contribution in [2.45, 2.75) is 25.5 Å². The van der Waals surface area contributed by atoms with Crippen LogP contribution in [0.5, 0.6) is 0 Å². The Morgan fingerprint density at radius 1 is 1.44 bits per heavy atom. The number of rotatable bonds is 3. The summed E-state index contributed by atoms with van der Waals surface area (Å²) < 4.78 is 5.11. The van der Waals surface area contributed by atoms with Gasteiger partial charge in [-0.25, -0.2) is 4.79 Å². The number of benzene rings is 1. The van der Waals surface area contributed by atoms with Crippen molar-refractivity contribution in [2.24, 2.45) is 0 Å². The molecule has 0 radical (unpaired) electrons. The molecule has 1 amide bonds. The maximum Gasteiger partial charge on any atom is 0.407 e. The summed E-state index contributed by atoms with van der Waals surface area (Å²) in [4.78, 5) is 11.1. The SMILES string of the molecule is Cc1ccccc1CC1OC(=O)NC1CO. The van der Waals surface area contributed by atoms with Gasteiger partial charge in [0.1, 0.15) is 6.10 Å². The lowest BCUT2D eigenvalue weighted by molar-refractivity contribution is 0.118. The van der Waals surface area contributed by atoms with Gasteiger partial charge in [-0.2, -0.15) is 0 Å². The number of aliphatic hydroxyl groups excluding tert-OH is 1. The van der Waals surface area contributed by atoms with Crippen molar-refractivity contribution in [3.05, 3.63) is 35.4 Å². The lowest BCUT2D eigenvalue weighted by atomic mass is 9.99. The van der Waals surface area contributed by atoms with E-state index in [1.165, 1.54) is 5.56 Å². The van der Waals surface area contributed by atoms with Crippen LogP contribution in [0.15, 0.2) is 24.3 Å². The average Bonchev–Trinajstić information content (AvgIpc) is 2.62. The Labute approximate surface area is 94.2 Å². The fourth-order valence-electron chi connectivity index (χ4n) is 1.90. The maximum absolute atomic E-state index is 11.1. The molecular formula is C12H15NO3. The van der Waals surface area contributed by atoms with Gasteiger partial charge in [-0.15, -0.1) is 0 Å². The Morgan fingerprint density at radius 2 is 2.19 bits per heavy atom. The summed E-state index contributed by atoms with van der Waals surface area (Å²) >= 11 is 0. The number of amides is 1. The molecule has 2 N–H and O–H groups in total. The Balaban J connectivity index is 2.10. The van der Waals surface area contributed by atoms with Crippen LogP contribution in [0.25, 0.3) is 0 Å². The molecule has 1 aliphatic heterocycles. The van der Waals surface area contributed by atoms with Crippen molar-refractivity contribution in [1.29, 1.82) is 0 Å². The van der Waals surface area contributed by atoms with E-state index in [-0.39, 0.29) is 18.8 Å². The van der Waals surface area contributed by atoms with E-state index < -0.39 is 6.09 Å². The summed E-state index contributed by atoms with van der Waals surface area (Å²) in [6, 6.07) is 7.66. The molecule has 0 bridgehead atoms. The molecule has 1 aliphatic rings. The van der Waals surface area contributed by atoms with Gasteiger partial charge in [0.2, 0.25) is 0 Å². The molecule has 4 nitrogen and oxygen atoms in total. The molecule has 2 rings (SSSR count). The van der Waals surface area contributed by atoms with Gasteiger partial charge in [0.15, 0.2) is 0 Å². The molecule has 4 heteroatoms. The molecule has 2 unspecified atom stereocenters. The number of ether oxygens (including phenoxy) is 1. The summed E-state index contributed by atoms with van der Waals surface area (Å²) in [5.41, 5.74) is 2.31. The third-order valence-corrected chi connectivity index (χ3v) is 2.89. The zero-order valence-corrected chi connectivity index (χ0v) is 9.14. The first-order valence-corrected chi connectivity index (χ1v) is 5.33. The van der Waals surface area contributed by atoms with Gasteiger partial charge in [0, 0.05) is 6.42 Å². The van der Waals surface area contributed by atoms with E-state index in [4.69, 9.17) is 9.84 Å². The zero-order valence-electron chi connectivity index (χ0n) is 9.14. The van der Waals surface area contributed by atoms with Crippen LogP contribution in [0.3, 0.4) is 0 Å². The van der Waals surface area contributed by atoms with Gasteiger partial charge in [-0.05, 0) is 18.1 Å². The molecule has 1 fully saturated rings. The summed E-state index contributed by atoms with van der Waals surface area (Å²) in [7, 11) is 0. The minimum Gasteiger partial charge on any atom is -0.444 e. The van der Waals surface area contributed by atoms with Crippen LogP contribution in [0.1, 0.15) is 11.1 Å². The first-order chi connectivity index (χ1) is 7.70. The first-order valence-electron chi connectivity index (χ1n) is 5.33. The van der Waals surface area contributed by atoms with Crippen LogP contribution in [-0.2, 0) is 11.2 Å². The Morgan fingerprint density at radius 3 is 2.88 bits per heavy atom. The Kier molecular flexibility index (Phi) is 3.10. The smallest absolute Gasteiger partial charge is 0.407 e. The minimum atomic E-state index is -0.447. The molecule has 86 valence electrons. The Bertz CT molecular complexity index is 392. The number of aryl methyl sites for hydroxylation is 1. The number of aliphatic hydroxyl groups is 1. The van der Waals surface area contributed by atoms with Crippen LogP contribution < -0.4 is 5.32 Å². The molecule has 0 spiro atoms. The van der Waals surface area contributed by atoms with E-state index in [1.54, 1.807) is 0 Å². The van der Waals surface area contributed by atoms with Gasteiger partial charge in [-0.3, -0.25) is 0 Å². The topological polar surface area (TPSA) is 58.6 Å². The highest BCUT2D eigenvalue weighted by molar-refractivity contribution is 5.70. The molecule has 1 heterocycles. The van der Waals surface area contributed by atoms with E-state index in [1.807, 2.05) is 31.2 Å². The third-order valence-electron chi connectivity index (χ3n) is 2.89. The van der Waals surface area contributed by atoms with Gasteiger partial charge in [-0.1, -0.05) is 24.3 Å². The van der Waals surface area contributed by atoms with Crippen LogP contribution in [0, 0.1) is 6.92 Å².